The van der Waals surface area contributed by atoms with E-state index in [0.29, 0.717) is 12.8 Å². The van der Waals surface area contributed by atoms with E-state index in [9.17, 15) is 9.59 Å². The Bertz CT molecular complexity index is 918. The molecule has 2 unspecified atom stereocenters. The van der Waals surface area contributed by atoms with Gasteiger partial charge in [-0.25, -0.2) is 4.79 Å². The van der Waals surface area contributed by atoms with Gasteiger partial charge in [-0.3, -0.25) is 4.79 Å². The number of rotatable bonds is 5. The summed E-state index contributed by atoms with van der Waals surface area (Å²) in [5, 5.41) is 0. The van der Waals surface area contributed by atoms with Crippen molar-refractivity contribution in [2.45, 2.75) is 64.6 Å². The van der Waals surface area contributed by atoms with Gasteiger partial charge in [0.25, 0.3) is 0 Å². The van der Waals surface area contributed by atoms with E-state index in [-0.39, 0.29) is 36.5 Å². The largest absolute Gasteiger partial charge is 0.497 e. The van der Waals surface area contributed by atoms with E-state index >= 15 is 0 Å². The molecule has 0 radical (unpaired) electrons. The Morgan fingerprint density at radius 3 is 2.19 bits per heavy atom. The second-order valence-corrected chi connectivity index (χ2v) is 8.85. The van der Waals surface area contributed by atoms with Crippen molar-refractivity contribution in [3.05, 3.63) is 64.7 Å². The molecular formula is C26H31NO4. The van der Waals surface area contributed by atoms with Crippen LogP contribution in [0.2, 0.25) is 0 Å². The van der Waals surface area contributed by atoms with Crippen molar-refractivity contribution in [3.63, 3.8) is 0 Å². The number of ketones is 1. The minimum Gasteiger partial charge on any atom is -0.497 e. The number of fused-ring (bicyclic) bond motifs is 2. The second kappa shape index (κ2) is 9.13. The van der Waals surface area contributed by atoms with Gasteiger partial charge in [0.1, 0.15) is 12.4 Å². The van der Waals surface area contributed by atoms with Crippen molar-refractivity contribution in [2.75, 3.05) is 7.11 Å². The molecule has 1 amide bonds. The van der Waals surface area contributed by atoms with Crippen LogP contribution in [0.3, 0.4) is 0 Å². The first-order valence-corrected chi connectivity index (χ1v) is 11.2. The Morgan fingerprint density at radius 2 is 1.61 bits per heavy atom. The Kier molecular flexibility index (Phi) is 6.30. The number of hydrogen-bond acceptors (Lipinski definition) is 4. The van der Waals surface area contributed by atoms with Gasteiger partial charge in [0, 0.05) is 23.6 Å². The highest BCUT2D eigenvalue weighted by atomic mass is 16.6. The summed E-state index contributed by atoms with van der Waals surface area (Å²) in [5.41, 5.74) is 3.70. The van der Waals surface area contributed by atoms with E-state index < -0.39 is 0 Å². The fourth-order valence-corrected chi connectivity index (χ4v) is 5.32. The Hall–Kier alpha value is -2.82. The maximum Gasteiger partial charge on any atom is 0.410 e. The van der Waals surface area contributed by atoms with Crippen LogP contribution in [0, 0.1) is 19.8 Å². The second-order valence-electron chi connectivity index (χ2n) is 8.85. The smallest absolute Gasteiger partial charge is 0.410 e. The normalized spacial score (nSPS) is 22.7. The first kappa shape index (κ1) is 21.4. The summed E-state index contributed by atoms with van der Waals surface area (Å²) in [4.78, 5) is 28.3. The number of benzene rings is 2. The van der Waals surface area contributed by atoms with Gasteiger partial charge in [-0.2, -0.15) is 0 Å². The average molecular weight is 422 g/mol. The van der Waals surface area contributed by atoms with Crippen LogP contribution in [-0.4, -0.2) is 36.0 Å². The SMILES string of the molecule is COc1cc(C)c(C(=O)C2CC3CCCC(C2)N3C(=O)OCc2ccccc2)c(C)c1. The molecule has 2 heterocycles. The quantitative estimate of drug-likeness (QED) is 0.601. The molecule has 5 heteroatoms. The van der Waals surface area contributed by atoms with E-state index in [2.05, 4.69) is 0 Å². The minimum absolute atomic E-state index is 0.0562. The predicted molar refractivity (Wildman–Crippen MR) is 119 cm³/mol. The molecule has 0 saturated carbocycles. The summed E-state index contributed by atoms with van der Waals surface area (Å²) in [6.45, 7) is 4.22. The molecule has 2 aliphatic heterocycles. The van der Waals surface area contributed by atoms with Crippen LogP contribution in [0.5, 0.6) is 5.75 Å². The molecule has 0 spiro atoms. The minimum atomic E-state index is -0.249. The molecule has 2 bridgehead atoms. The number of amides is 1. The Labute approximate surface area is 184 Å². The highest BCUT2D eigenvalue weighted by Gasteiger charge is 2.44. The number of carbonyl (C=O) groups is 2. The summed E-state index contributed by atoms with van der Waals surface area (Å²) in [6.07, 6.45) is 4.13. The van der Waals surface area contributed by atoms with Crippen LogP contribution in [-0.2, 0) is 11.3 Å². The zero-order valence-electron chi connectivity index (χ0n) is 18.6. The molecule has 0 N–H and O–H groups in total. The van der Waals surface area contributed by atoms with Gasteiger partial charge in [0.2, 0.25) is 0 Å². The number of aryl methyl sites for hydroxylation is 2. The number of Topliss-reactive ketones (excluding diaryl/α,β-unsaturated/α-hetero) is 1. The van der Waals surface area contributed by atoms with Crippen molar-refractivity contribution < 1.29 is 19.1 Å². The molecule has 2 aromatic rings. The number of piperidine rings is 2. The maximum atomic E-state index is 13.5. The van der Waals surface area contributed by atoms with Crippen LogP contribution >= 0.6 is 0 Å². The van der Waals surface area contributed by atoms with Gasteiger partial charge in [-0.1, -0.05) is 30.3 Å². The topological polar surface area (TPSA) is 55.8 Å². The van der Waals surface area contributed by atoms with Crippen molar-refractivity contribution in [1.82, 2.24) is 4.90 Å². The van der Waals surface area contributed by atoms with E-state index in [1.54, 1.807) is 7.11 Å². The van der Waals surface area contributed by atoms with Crippen LogP contribution in [0.1, 0.15) is 59.2 Å². The highest BCUT2D eigenvalue weighted by molar-refractivity contribution is 6.00. The molecular weight excluding hydrogens is 390 g/mol. The molecule has 4 rings (SSSR count). The zero-order chi connectivity index (χ0) is 22.0. The lowest BCUT2D eigenvalue weighted by Gasteiger charge is -2.47. The molecule has 5 nitrogen and oxygen atoms in total. The monoisotopic (exact) mass is 421 g/mol. The van der Waals surface area contributed by atoms with Crippen molar-refractivity contribution in [3.8, 4) is 5.75 Å². The summed E-state index contributed by atoms with van der Waals surface area (Å²) in [6, 6.07) is 13.7. The summed E-state index contributed by atoms with van der Waals surface area (Å²) in [5.74, 6) is 0.922. The summed E-state index contributed by atoms with van der Waals surface area (Å²) < 4.78 is 11.0. The number of methoxy groups -OCH3 is 1. The lowest BCUT2D eigenvalue weighted by atomic mass is 9.75. The van der Waals surface area contributed by atoms with Crippen molar-refractivity contribution in [2.24, 2.45) is 5.92 Å². The number of ether oxygens (including phenoxy) is 2. The molecule has 2 aromatic carbocycles. The van der Waals surface area contributed by atoms with E-state index in [1.165, 1.54) is 0 Å². The Morgan fingerprint density at radius 1 is 1.00 bits per heavy atom. The Balaban J connectivity index is 1.47. The standard InChI is InChI=1S/C26H31NO4/c1-17-12-23(30-3)13-18(2)24(17)25(28)20-14-21-10-7-11-22(15-20)27(21)26(29)31-16-19-8-5-4-6-9-19/h4-6,8-9,12-13,20-22H,7,10-11,14-16H2,1-3H3. The third kappa shape index (κ3) is 4.46. The average Bonchev–Trinajstić information content (AvgIpc) is 2.76. The third-order valence-corrected chi connectivity index (χ3v) is 6.75. The van der Waals surface area contributed by atoms with Crippen LogP contribution < -0.4 is 4.74 Å². The molecule has 2 fully saturated rings. The van der Waals surface area contributed by atoms with E-state index in [1.807, 2.05) is 61.2 Å². The fraction of sp³-hybridized carbons (Fsp3) is 0.462. The summed E-state index contributed by atoms with van der Waals surface area (Å²) >= 11 is 0. The van der Waals surface area contributed by atoms with Crippen molar-refractivity contribution in [1.29, 1.82) is 0 Å². The molecule has 2 aliphatic rings. The molecule has 0 aromatic heterocycles. The first-order chi connectivity index (χ1) is 15.0. The lowest BCUT2D eigenvalue weighted by Crippen LogP contribution is -2.55. The van der Waals surface area contributed by atoms with Gasteiger partial charge in [-0.15, -0.1) is 0 Å². The van der Waals surface area contributed by atoms with Gasteiger partial charge in [-0.05, 0) is 74.8 Å². The van der Waals surface area contributed by atoms with Crippen LogP contribution in [0.4, 0.5) is 4.79 Å². The van der Waals surface area contributed by atoms with Crippen LogP contribution in [0.15, 0.2) is 42.5 Å². The lowest BCUT2D eigenvalue weighted by molar-refractivity contribution is 0.00469. The maximum absolute atomic E-state index is 13.5. The third-order valence-electron chi connectivity index (χ3n) is 6.75. The zero-order valence-corrected chi connectivity index (χ0v) is 18.6. The van der Waals surface area contributed by atoms with Gasteiger partial charge in [0.15, 0.2) is 5.78 Å². The highest BCUT2D eigenvalue weighted by Crippen LogP contribution is 2.39. The fourth-order valence-electron chi connectivity index (χ4n) is 5.32. The van der Waals surface area contributed by atoms with Gasteiger partial charge < -0.3 is 14.4 Å². The van der Waals surface area contributed by atoms with Crippen LogP contribution in [0.25, 0.3) is 0 Å². The number of carbonyl (C=O) groups excluding carboxylic acids is 2. The molecule has 31 heavy (non-hydrogen) atoms. The molecule has 2 saturated heterocycles. The summed E-state index contributed by atoms with van der Waals surface area (Å²) in [7, 11) is 1.64. The molecule has 0 aliphatic carbocycles. The van der Waals surface area contributed by atoms with Gasteiger partial charge in [0.05, 0.1) is 7.11 Å². The predicted octanol–water partition coefficient (Wildman–Crippen LogP) is 5.46. The molecule has 2 atom stereocenters. The number of nitrogens with zero attached hydrogens (tertiary/aromatic N) is 1. The van der Waals surface area contributed by atoms with Gasteiger partial charge >= 0.3 is 6.09 Å². The molecule has 164 valence electrons. The van der Waals surface area contributed by atoms with Crippen molar-refractivity contribution >= 4 is 11.9 Å². The first-order valence-electron chi connectivity index (χ1n) is 11.2. The van der Waals surface area contributed by atoms with E-state index in [4.69, 9.17) is 9.47 Å². The number of hydrogen-bond donors (Lipinski definition) is 0. The van der Waals surface area contributed by atoms with E-state index in [0.717, 1.165) is 47.3 Å².